The first kappa shape index (κ1) is 12.9. The van der Waals surface area contributed by atoms with E-state index in [0.29, 0.717) is 12.1 Å². The van der Waals surface area contributed by atoms with Crippen LogP contribution in [0.2, 0.25) is 5.02 Å². The van der Waals surface area contributed by atoms with Crippen LogP contribution in [0.4, 0.5) is 0 Å². The lowest BCUT2D eigenvalue weighted by atomic mass is 10.1. The summed E-state index contributed by atoms with van der Waals surface area (Å²) in [6.07, 6.45) is 2.30. The van der Waals surface area contributed by atoms with Crippen molar-refractivity contribution in [3.8, 4) is 0 Å². The molecule has 2 nitrogen and oxygen atoms in total. The summed E-state index contributed by atoms with van der Waals surface area (Å²) < 4.78 is 0. The van der Waals surface area contributed by atoms with Crippen LogP contribution in [0.1, 0.15) is 18.9 Å². The molecule has 1 saturated heterocycles. The van der Waals surface area contributed by atoms with Crippen molar-refractivity contribution in [3.05, 3.63) is 34.9 Å². The van der Waals surface area contributed by atoms with E-state index >= 15 is 0 Å². The molecule has 0 saturated carbocycles. The molecular formula is C14H21ClN2. The van der Waals surface area contributed by atoms with Crippen LogP contribution in [0.5, 0.6) is 0 Å². The molecular weight excluding hydrogens is 232 g/mol. The van der Waals surface area contributed by atoms with Gasteiger partial charge in [-0.3, -0.25) is 0 Å². The Kier molecular flexibility index (Phi) is 4.43. The standard InChI is InChI=1S/C14H21ClN2/c1-11(16-14-6-7-17(2)10-14)8-12-4-3-5-13(15)9-12/h3-5,9,11,14,16H,6-8,10H2,1-2H3. The molecule has 0 amide bonds. The molecule has 1 aliphatic heterocycles. The minimum Gasteiger partial charge on any atom is -0.310 e. The van der Waals surface area contributed by atoms with Crippen molar-refractivity contribution >= 4 is 11.6 Å². The largest absolute Gasteiger partial charge is 0.310 e. The molecule has 1 aromatic rings. The zero-order valence-electron chi connectivity index (χ0n) is 10.6. The van der Waals surface area contributed by atoms with Crippen LogP contribution in [-0.4, -0.2) is 37.1 Å². The Balaban J connectivity index is 1.83. The zero-order chi connectivity index (χ0) is 12.3. The first-order valence-corrected chi connectivity index (χ1v) is 6.70. The summed E-state index contributed by atoms with van der Waals surface area (Å²) >= 11 is 5.99. The topological polar surface area (TPSA) is 15.3 Å². The highest BCUT2D eigenvalue weighted by Gasteiger charge is 2.20. The first-order chi connectivity index (χ1) is 8.13. The fourth-order valence-corrected chi connectivity index (χ4v) is 2.76. The third kappa shape index (κ3) is 3.98. The van der Waals surface area contributed by atoms with Crippen molar-refractivity contribution in [3.63, 3.8) is 0 Å². The van der Waals surface area contributed by atoms with Crippen LogP contribution in [0, 0.1) is 0 Å². The Morgan fingerprint density at radius 3 is 3.00 bits per heavy atom. The van der Waals surface area contributed by atoms with Crippen molar-refractivity contribution in [2.75, 3.05) is 20.1 Å². The molecule has 2 unspecified atom stereocenters. The van der Waals surface area contributed by atoms with Crippen LogP contribution in [0.25, 0.3) is 0 Å². The van der Waals surface area contributed by atoms with E-state index in [-0.39, 0.29) is 0 Å². The number of halogens is 1. The number of likely N-dealkylation sites (N-methyl/N-ethyl adjacent to an activating group) is 1. The highest BCUT2D eigenvalue weighted by molar-refractivity contribution is 6.30. The summed E-state index contributed by atoms with van der Waals surface area (Å²) in [5.74, 6) is 0. The molecule has 0 spiro atoms. The van der Waals surface area contributed by atoms with Gasteiger partial charge in [-0.15, -0.1) is 0 Å². The van der Waals surface area contributed by atoms with Crippen LogP contribution in [0.3, 0.4) is 0 Å². The van der Waals surface area contributed by atoms with E-state index in [4.69, 9.17) is 11.6 Å². The maximum Gasteiger partial charge on any atom is 0.0408 e. The van der Waals surface area contributed by atoms with Gasteiger partial charge >= 0.3 is 0 Å². The van der Waals surface area contributed by atoms with Gasteiger partial charge in [0.15, 0.2) is 0 Å². The van der Waals surface area contributed by atoms with Gasteiger partial charge in [0.05, 0.1) is 0 Å². The van der Waals surface area contributed by atoms with Crippen molar-refractivity contribution < 1.29 is 0 Å². The average molecular weight is 253 g/mol. The Hall–Kier alpha value is -0.570. The minimum atomic E-state index is 0.505. The number of hydrogen-bond acceptors (Lipinski definition) is 2. The summed E-state index contributed by atoms with van der Waals surface area (Å²) in [5, 5.41) is 4.52. The predicted octanol–water partition coefficient (Wildman–Crippen LogP) is 2.56. The summed E-state index contributed by atoms with van der Waals surface area (Å²) in [5.41, 5.74) is 1.31. The zero-order valence-corrected chi connectivity index (χ0v) is 11.4. The molecule has 1 heterocycles. The molecule has 94 valence electrons. The molecule has 1 aromatic carbocycles. The second-order valence-electron chi connectivity index (χ2n) is 5.15. The van der Waals surface area contributed by atoms with E-state index in [1.807, 2.05) is 12.1 Å². The monoisotopic (exact) mass is 252 g/mol. The molecule has 0 aromatic heterocycles. The second kappa shape index (κ2) is 5.85. The fourth-order valence-electron chi connectivity index (χ4n) is 2.55. The third-order valence-electron chi connectivity index (χ3n) is 3.34. The lowest BCUT2D eigenvalue weighted by Gasteiger charge is -2.19. The molecule has 17 heavy (non-hydrogen) atoms. The molecule has 1 fully saturated rings. The smallest absolute Gasteiger partial charge is 0.0408 e. The number of rotatable bonds is 4. The van der Waals surface area contributed by atoms with E-state index < -0.39 is 0 Å². The summed E-state index contributed by atoms with van der Waals surface area (Å²) in [7, 11) is 2.18. The lowest BCUT2D eigenvalue weighted by Crippen LogP contribution is -2.39. The van der Waals surface area contributed by atoms with Crippen LogP contribution in [-0.2, 0) is 6.42 Å². The van der Waals surface area contributed by atoms with Gasteiger partial charge in [0.1, 0.15) is 0 Å². The van der Waals surface area contributed by atoms with Crippen molar-refractivity contribution in [2.45, 2.75) is 31.8 Å². The maximum absolute atomic E-state index is 5.99. The summed E-state index contributed by atoms with van der Waals surface area (Å²) in [6.45, 7) is 4.63. The second-order valence-corrected chi connectivity index (χ2v) is 5.59. The number of hydrogen-bond donors (Lipinski definition) is 1. The summed E-state index contributed by atoms with van der Waals surface area (Å²) in [4.78, 5) is 2.38. The molecule has 1 N–H and O–H groups in total. The highest BCUT2D eigenvalue weighted by atomic mass is 35.5. The van der Waals surface area contributed by atoms with Gasteiger partial charge in [-0.05, 0) is 51.1 Å². The number of nitrogens with zero attached hydrogens (tertiary/aromatic N) is 1. The molecule has 2 atom stereocenters. The Bertz CT molecular complexity index is 367. The van der Waals surface area contributed by atoms with Gasteiger partial charge < -0.3 is 10.2 Å². The van der Waals surface area contributed by atoms with Gasteiger partial charge in [0.25, 0.3) is 0 Å². The van der Waals surface area contributed by atoms with Gasteiger partial charge in [-0.2, -0.15) is 0 Å². The first-order valence-electron chi connectivity index (χ1n) is 6.32. The van der Waals surface area contributed by atoms with E-state index in [1.54, 1.807) is 0 Å². The van der Waals surface area contributed by atoms with Crippen LogP contribution < -0.4 is 5.32 Å². The Labute approximate surface area is 109 Å². The van der Waals surface area contributed by atoms with Crippen molar-refractivity contribution in [2.24, 2.45) is 0 Å². The molecule has 1 aliphatic rings. The van der Waals surface area contributed by atoms with E-state index in [9.17, 15) is 0 Å². The van der Waals surface area contributed by atoms with Crippen molar-refractivity contribution in [1.82, 2.24) is 10.2 Å². The van der Waals surface area contributed by atoms with E-state index in [2.05, 4.69) is 36.3 Å². The van der Waals surface area contributed by atoms with Crippen LogP contribution in [0.15, 0.2) is 24.3 Å². The molecule has 3 heteroatoms. The molecule has 2 rings (SSSR count). The highest BCUT2D eigenvalue weighted by Crippen LogP contribution is 2.13. The Morgan fingerprint density at radius 2 is 2.35 bits per heavy atom. The molecule has 0 bridgehead atoms. The fraction of sp³-hybridized carbons (Fsp3) is 0.571. The van der Waals surface area contributed by atoms with Gasteiger partial charge in [-0.25, -0.2) is 0 Å². The van der Waals surface area contributed by atoms with E-state index in [1.165, 1.54) is 25.1 Å². The normalized spacial score (nSPS) is 22.9. The Morgan fingerprint density at radius 1 is 1.53 bits per heavy atom. The number of likely N-dealkylation sites (tertiary alicyclic amines) is 1. The minimum absolute atomic E-state index is 0.505. The third-order valence-corrected chi connectivity index (χ3v) is 3.58. The van der Waals surface area contributed by atoms with Gasteiger partial charge in [0.2, 0.25) is 0 Å². The maximum atomic E-state index is 5.99. The van der Waals surface area contributed by atoms with Gasteiger partial charge in [-0.1, -0.05) is 23.7 Å². The van der Waals surface area contributed by atoms with E-state index in [0.717, 1.165) is 11.4 Å². The van der Waals surface area contributed by atoms with Crippen molar-refractivity contribution in [1.29, 1.82) is 0 Å². The number of nitrogens with one attached hydrogen (secondary N) is 1. The number of benzene rings is 1. The average Bonchev–Trinajstić information content (AvgIpc) is 2.63. The van der Waals surface area contributed by atoms with Crippen LogP contribution >= 0.6 is 11.6 Å². The predicted molar refractivity (Wildman–Crippen MR) is 73.7 cm³/mol. The summed E-state index contributed by atoms with van der Waals surface area (Å²) in [6, 6.07) is 9.30. The molecule has 0 aliphatic carbocycles. The quantitative estimate of drug-likeness (QED) is 0.886. The lowest BCUT2D eigenvalue weighted by molar-refractivity contribution is 0.384. The van der Waals surface area contributed by atoms with Gasteiger partial charge in [0, 0.05) is 23.7 Å². The SMILES string of the molecule is CC(Cc1cccc(Cl)c1)NC1CCN(C)C1. The molecule has 0 radical (unpaired) electrons.